The standard InChI is InChI=1S/C13H22N2O4/c1-13(2,3)19-12(18)15-6-7-4-10(15)8(7)5-9(14)11(16)17/h7-10H,4-6,14H2,1-3H3,(H,16,17)/t7-,8?,9?,10-/m0/s1. The van der Waals surface area contributed by atoms with E-state index in [0.29, 0.717) is 18.9 Å². The average Bonchev–Trinajstić information content (AvgIpc) is 2.80. The maximum absolute atomic E-state index is 12.0. The molecule has 19 heavy (non-hydrogen) atoms. The number of aliphatic carboxylic acids is 1. The van der Waals surface area contributed by atoms with Gasteiger partial charge in [-0.1, -0.05) is 0 Å². The molecule has 108 valence electrons. The molecule has 2 bridgehead atoms. The molecule has 0 aromatic rings. The summed E-state index contributed by atoms with van der Waals surface area (Å²) < 4.78 is 5.36. The summed E-state index contributed by atoms with van der Waals surface area (Å²) >= 11 is 0. The normalized spacial score (nSPS) is 30.7. The monoisotopic (exact) mass is 270 g/mol. The largest absolute Gasteiger partial charge is 0.480 e. The molecule has 2 unspecified atom stereocenters. The van der Waals surface area contributed by atoms with Gasteiger partial charge >= 0.3 is 12.1 Å². The van der Waals surface area contributed by atoms with Crippen molar-refractivity contribution in [1.29, 1.82) is 0 Å². The maximum Gasteiger partial charge on any atom is 0.410 e. The van der Waals surface area contributed by atoms with Crippen molar-refractivity contribution in [2.75, 3.05) is 6.54 Å². The van der Waals surface area contributed by atoms with Gasteiger partial charge in [0.15, 0.2) is 0 Å². The first kappa shape index (κ1) is 14.1. The molecule has 0 aromatic heterocycles. The number of rotatable bonds is 3. The van der Waals surface area contributed by atoms with Crippen molar-refractivity contribution in [1.82, 2.24) is 4.90 Å². The van der Waals surface area contributed by atoms with Gasteiger partial charge < -0.3 is 20.5 Å². The molecule has 6 heteroatoms. The van der Waals surface area contributed by atoms with Crippen molar-refractivity contribution in [2.45, 2.75) is 51.3 Å². The fourth-order valence-corrected chi connectivity index (χ4v) is 3.01. The number of hydrogen-bond acceptors (Lipinski definition) is 4. The van der Waals surface area contributed by atoms with Gasteiger partial charge in [-0.2, -0.15) is 0 Å². The van der Waals surface area contributed by atoms with Crippen molar-refractivity contribution in [3.05, 3.63) is 0 Å². The van der Waals surface area contributed by atoms with Crippen LogP contribution in [0.4, 0.5) is 4.79 Å². The van der Waals surface area contributed by atoms with Crippen molar-refractivity contribution >= 4 is 12.1 Å². The Balaban J connectivity index is 1.91. The van der Waals surface area contributed by atoms with Crippen LogP contribution in [0.5, 0.6) is 0 Å². The summed E-state index contributed by atoms with van der Waals surface area (Å²) in [7, 11) is 0. The number of hydrogen-bond donors (Lipinski definition) is 2. The van der Waals surface area contributed by atoms with E-state index in [1.54, 1.807) is 4.90 Å². The predicted octanol–water partition coefficient (Wildman–Crippen LogP) is 1.04. The Bertz CT molecular complexity index is 391. The summed E-state index contributed by atoms with van der Waals surface area (Å²) in [5.74, 6) is -0.392. The Labute approximate surface area is 112 Å². The lowest BCUT2D eigenvalue weighted by molar-refractivity contribution is -0.139. The summed E-state index contributed by atoms with van der Waals surface area (Å²) in [6.07, 6.45) is 1.08. The second-order valence-electron chi connectivity index (χ2n) is 6.54. The number of ether oxygens (including phenoxy) is 1. The molecule has 4 atom stereocenters. The fraction of sp³-hybridized carbons (Fsp3) is 0.846. The van der Waals surface area contributed by atoms with Gasteiger partial charge in [-0.15, -0.1) is 0 Å². The summed E-state index contributed by atoms with van der Waals surface area (Å²) in [5.41, 5.74) is 5.07. The fourth-order valence-electron chi connectivity index (χ4n) is 3.01. The van der Waals surface area contributed by atoms with Gasteiger partial charge in [-0.25, -0.2) is 4.79 Å². The molecule has 2 saturated heterocycles. The molecule has 6 nitrogen and oxygen atoms in total. The van der Waals surface area contributed by atoms with Crippen LogP contribution in [0.2, 0.25) is 0 Å². The molecular weight excluding hydrogens is 248 g/mol. The number of nitrogens with zero attached hydrogens (tertiary/aromatic N) is 1. The minimum absolute atomic E-state index is 0.102. The van der Waals surface area contributed by atoms with Crippen LogP contribution in [0.25, 0.3) is 0 Å². The van der Waals surface area contributed by atoms with E-state index in [9.17, 15) is 9.59 Å². The topological polar surface area (TPSA) is 92.9 Å². The van der Waals surface area contributed by atoms with Gasteiger partial charge in [-0.05, 0) is 45.4 Å². The Morgan fingerprint density at radius 1 is 1.47 bits per heavy atom. The van der Waals surface area contributed by atoms with Gasteiger partial charge in [-0.3, -0.25) is 4.79 Å². The lowest BCUT2D eigenvalue weighted by Crippen LogP contribution is -2.46. The summed E-state index contributed by atoms with van der Waals surface area (Å²) in [4.78, 5) is 24.5. The molecule has 1 aliphatic carbocycles. The molecule has 0 aromatic carbocycles. The third kappa shape index (κ3) is 2.83. The number of amides is 1. The zero-order valence-electron chi connectivity index (χ0n) is 11.6. The molecule has 1 amide bonds. The van der Waals surface area contributed by atoms with Crippen molar-refractivity contribution in [3.63, 3.8) is 0 Å². The van der Waals surface area contributed by atoms with E-state index < -0.39 is 17.6 Å². The molecule has 3 aliphatic rings. The van der Waals surface area contributed by atoms with Gasteiger partial charge in [0.25, 0.3) is 0 Å². The van der Waals surface area contributed by atoms with Crippen LogP contribution in [0, 0.1) is 11.8 Å². The third-order valence-electron chi connectivity index (χ3n) is 3.95. The SMILES string of the molecule is CC(C)(C)OC(=O)N1C[C@@H]2C[C@H]1C2CC(N)C(=O)O. The second kappa shape index (κ2) is 4.67. The van der Waals surface area contributed by atoms with E-state index in [-0.39, 0.29) is 18.1 Å². The second-order valence-corrected chi connectivity index (χ2v) is 6.54. The van der Waals surface area contributed by atoms with Crippen molar-refractivity contribution in [3.8, 4) is 0 Å². The molecule has 0 spiro atoms. The zero-order chi connectivity index (χ0) is 14.4. The van der Waals surface area contributed by atoms with Crippen LogP contribution in [-0.4, -0.2) is 46.3 Å². The average molecular weight is 270 g/mol. The van der Waals surface area contributed by atoms with Crippen LogP contribution in [0.1, 0.15) is 33.6 Å². The highest BCUT2D eigenvalue weighted by Crippen LogP contribution is 2.48. The molecule has 0 radical (unpaired) electrons. The minimum Gasteiger partial charge on any atom is -0.480 e. The van der Waals surface area contributed by atoms with Crippen LogP contribution < -0.4 is 5.73 Å². The number of carboxylic acids is 1. The van der Waals surface area contributed by atoms with Crippen LogP contribution in [0.15, 0.2) is 0 Å². The van der Waals surface area contributed by atoms with E-state index in [1.165, 1.54) is 0 Å². The smallest absolute Gasteiger partial charge is 0.410 e. The van der Waals surface area contributed by atoms with Gasteiger partial charge in [0, 0.05) is 12.6 Å². The van der Waals surface area contributed by atoms with E-state index in [0.717, 1.165) is 6.42 Å². The van der Waals surface area contributed by atoms with Crippen molar-refractivity contribution in [2.24, 2.45) is 17.6 Å². The van der Waals surface area contributed by atoms with E-state index in [4.69, 9.17) is 15.6 Å². The number of fused-ring (bicyclic) bond motifs is 1. The van der Waals surface area contributed by atoms with Crippen LogP contribution >= 0.6 is 0 Å². The predicted molar refractivity (Wildman–Crippen MR) is 68.6 cm³/mol. The summed E-state index contributed by atoms with van der Waals surface area (Å²) in [6.45, 7) is 6.17. The Morgan fingerprint density at radius 2 is 2.11 bits per heavy atom. The first-order chi connectivity index (χ1) is 8.69. The number of carboxylic acid groups (broad SMARTS) is 1. The van der Waals surface area contributed by atoms with E-state index in [2.05, 4.69) is 0 Å². The first-order valence-corrected chi connectivity index (χ1v) is 6.67. The van der Waals surface area contributed by atoms with E-state index in [1.807, 2.05) is 20.8 Å². The van der Waals surface area contributed by atoms with Gasteiger partial charge in [0.1, 0.15) is 11.6 Å². The summed E-state index contributed by atoms with van der Waals surface area (Å²) in [6, 6.07) is -0.737. The lowest BCUT2D eigenvalue weighted by Gasteiger charge is -2.37. The number of carbonyl (C=O) groups excluding carboxylic acids is 1. The Hall–Kier alpha value is -1.30. The van der Waals surface area contributed by atoms with Crippen LogP contribution in [0.3, 0.4) is 0 Å². The van der Waals surface area contributed by atoms with Gasteiger partial charge in [0.2, 0.25) is 0 Å². The molecule has 2 heterocycles. The Morgan fingerprint density at radius 3 is 2.63 bits per heavy atom. The number of carbonyl (C=O) groups is 2. The first-order valence-electron chi connectivity index (χ1n) is 6.67. The van der Waals surface area contributed by atoms with Crippen LogP contribution in [-0.2, 0) is 9.53 Å². The quantitative estimate of drug-likeness (QED) is 0.799. The van der Waals surface area contributed by atoms with E-state index >= 15 is 0 Å². The molecular formula is C13H22N2O4. The highest BCUT2D eigenvalue weighted by atomic mass is 16.6. The number of nitrogens with two attached hydrogens (primary N) is 1. The molecule has 3 fully saturated rings. The highest BCUT2D eigenvalue weighted by molar-refractivity contribution is 5.73. The summed E-state index contributed by atoms with van der Waals surface area (Å²) in [5, 5.41) is 8.84. The van der Waals surface area contributed by atoms with Crippen molar-refractivity contribution < 1.29 is 19.4 Å². The Kier molecular flexibility index (Phi) is 3.47. The van der Waals surface area contributed by atoms with Gasteiger partial charge in [0.05, 0.1) is 0 Å². The maximum atomic E-state index is 12.0. The molecule has 3 rings (SSSR count). The molecule has 1 saturated carbocycles. The zero-order valence-corrected chi connectivity index (χ0v) is 11.6. The minimum atomic E-state index is -0.977. The molecule has 2 aliphatic heterocycles. The lowest BCUT2D eigenvalue weighted by atomic mass is 9.71. The highest BCUT2D eigenvalue weighted by Gasteiger charge is 2.54. The molecule has 3 N–H and O–H groups in total. The third-order valence-corrected chi connectivity index (χ3v) is 3.95.